The molecule has 0 amide bonds. The second-order valence-corrected chi connectivity index (χ2v) is 3.67. The fourth-order valence-electron chi connectivity index (χ4n) is 1.34. The third-order valence-corrected chi connectivity index (χ3v) is 2.37. The minimum absolute atomic E-state index is 0.275. The Morgan fingerprint density at radius 3 is 3.00 bits per heavy atom. The van der Waals surface area contributed by atoms with Crippen molar-refractivity contribution in [1.82, 2.24) is 15.5 Å². The van der Waals surface area contributed by atoms with Crippen LogP contribution in [0.4, 0.5) is 0 Å². The predicted octanol–water partition coefficient (Wildman–Crippen LogP) is 0.969. The Bertz CT molecular complexity index is 260. The minimum atomic E-state index is 0.275. The summed E-state index contributed by atoms with van der Waals surface area (Å²) in [5.74, 6) is 0. The van der Waals surface area contributed by atoms with Crippen LogP contribution in [-0.4, -0.2) is 28.0 Å². The molecule has 0 fully saturated rings. The van der Waals surface area contributed by atoms with E-state index in [-0.39, 0.29) is 6.61 Å². The lowest BCUT2D eigenvalue weighted by Crippen LogP contribution is -2.25. The van der Waals surface area contributed by atoms with E-state index in [1.54, 1.807) is 0 Å². The summed E-state index contributed by atoms with van der Waals surface area (Å²) in [5, 5.41) is 18.9. The van der Waals surface area contributed by atoms with Crippen molar-refractivity contribution >= 4 is 0 Å². The molecule has 14 heavy (non-hydrogen) atoms. The highest BCUT2D eigenvalue weighted by Crippen LogP contribution is 2.03. The quantitative estimate of drug-likeness (QED) is 0.637. The first-order valence-electron chi connectivity index (χ1n) is 5.07. The molecule has 1 atom stereocenters. The number of aromatic amines is 1. The average Bonchev–Trinajstić information content (AvgIpc) is 2.58. The molecule has 0 bridgehead atoms. The van der Waals surface area contributed by atoms with Crippen LogP contribution in [-0.2, 0) is 6.54 Å². The fourth-order valence-corrected chi connectivity index (χ4v) is 1.34. The lowest BCUT2D eigenvalue weighted by Gasteiger charge is -2.12. The number of aliphatic hydroxyl groups excluding tert-OH is 1. The van der Waals surface area contributed by atoms with Gasteiger partial charge in [-0.2, -0.15) is 5.10 Å². The van der Waals surface area contributed by atoms with Gasteiger partial charge in [0.1, 0.15) is 0 Å². The number of H-pyrrole nitrogens is 1. The van der Waals surface area contributed by atoms with Crippen LogP contribution in [0, 0.1) is 6.92 Å². The first-order chi connectivity index (χ1) is 6.74. The van der Waals surface area contributed by atoms with Crippen molar-refractivity contribution in [2.45, 2.75) is 39.3 Å². The van der Waals surface area contributed by atoms with E-state index in [2.05, 4.69) is 22.4 Å². The van der Waals surface area contributed by atoms with Gasteiger partial charge in [0.15, 0.2) is 0 Å². The molecule has 1 heterocycles. The molecule has 1 rings (SSSR count). The van der Waals surface area contributed by atoms with E-state index in [0.29, 0.717) is 6.04 Å². The van der Waals surface area contributed by atoms with E-state index in [1.807, 2.05) is 13.1 Å². The number of rotatable bonds is 6. The van der Waals surface area contributed by atoms with Gasteiger partial charge in [-0.1, -0.05) is 0 Å². The van der Waals surface area contributed by atoms with Crippen LogP contribution in [0.5, 0.6) is 0 Å². The largest absolute Gasteiger partial charge is 0.396 e. The molecular formula is C10H19N3O. The summed E-state index contributed by atoms with van der Waals surface area (Å²) in [7, 11) is 0. The van der Waals surface area contributed by atoms with Crippen LogP contribution < -0.4 is 5.32 Å². The van der Waals surface area contributed by atoms with Gasteiger partial charge in [0.25, 0.3) is 0 Å². The minimum Gasteiger partial charge on any atom is -0.396 e. The molecule has 0 spiro atoms. The second kappa shape index (κ2) is 5.78. The third kappa shape index (κ3) is 3.47. The maximum Gasteiger partial charge on any atom is 0.0535 e. The predicted molar refractivity (Wildman–Crippen MR) is 55.9 cm³/mol. The molecule has 4 nitrogen and oxygen atoms in total. The summed E-state index contributed by atoms with van der Waals surface area (Å²) >= 11 is 0. The number of aryl methyl sites for hydroxylation is 1. The molecule has 3 N–H and O–H groups in total. The number of hydrogen-bond acceptors (Lipinski definition) is 3. The molecular weight excluding hydrogens is 178 g/mol. The number of aliphatic hydroxyl groups is 1. The Morgan fingerprint density at radius 2 is 2.43 bits per heavy atom. The maximum absolute atomic E-state index is 8.67. The third-order valence-electron chi connectivity index (χ3n) is 2.37. The molecule has 4 heteroatoms. The zero-order chi connectivity index (χ0) is 10.4. The fraction of sp³-hybridized carbons (Fsp3) is 0.700. The first-order valence-corrected chi connectivity index (χ1v) is 5.07. The Hall–Kier alpha value is -0.870. The molecule has 1 aromatic heterocycles. The number of nitrogens with zero attached hydrogens (tertiary/aromatic N) is 1. The first kappa shape index (κ1) is 11.2. The molecule has 0 aromatic carbocycles. The van der Waals surface area contributed by atoms with E-state index < -0.39 is 0 Å². The molecule has 0 saturated carbocycles. The van der Waals surface area contributed by atoms with E-state index in [9.17, 15) is 0 Å². The van der Waals surface area contributed by atoms with Gasteiger partial charge in [-0.3, -0.25) is 5.10 Å². The summed E-state index contributed by atoms with van der Waals surface area (Å²) in [4.78, 5) is 0. The Morgan fingerprint density at radius 1 is 1.64 bits per heavy atom. The summed E-state index contributed by atoms with van der Waals surface area (Å²) in [6.45, 7) is 5.26. The highest BCUT2D eigenvalue weighted by atomic mass is 16.2. The molecule has 0 unspecified atom stereocenters. The SMILES string of the molecule is Cc1[nH]ncc1CN[C@H](C)CCCO. The summed E-state index contributed by atoms with van der Waals surface area (Å²) in [5.41, 5.74) is 2.33. The number of aromatic nitrogens is 2. The normalized spacial score (nSPS) is 13.1. The van der Waals surface area contributed by atoms with Gasteiger partial charge in [-0.15, -0.1) is 0 Å². The van der Waals surface area contributed by atoms with Crippen molar-refractivity contribution < 1.29 is 5.11 Å². The van der Waals surface area contributed by atoms with E-state index in [1.165, 1.54) is 5.56 Å². The van der Waals surface area contributed by atoms with Crippen LogP contribution in [0.2, 0.25) is 0 Å². The van der Waals surface area contributed by atoms with Crippen molar-refractivity contribution in [2.24, 2.45) is 0 Å². The van der Waals surface area contributed by atoms with Gasteiger partial charge < -0.3 is 10.4 Å². The average molecular weight is 197 g/mol. The zero-order valence-electron chi connectivity index (χ0n) is 8.88. The van der Waals surface area contributed by atoms with Gasteiger partial charge in [-0.25, -0.2) is 0 Å². The van der Waals surface area contributed by atoms with Crippen LogP contribution >= 0.6 is 0 Å². The molecule has 0 aliphatic carbocycles. The Labute approximate surface area is 84.7 Å². The lowest BCUT2D eigenvalue weighted by atomic mass is 10.2. The molecule has 0 aliphatic rings. The molecule has 1 aromatic rings. The zero-order valence-corrected chi connectivity index (χ0v) is 8.88. The van der Waals surface area contributed by atoms with Crippen LogP contribution in [0.25, 0.3) is 0 Å². The van der Waals surface area contributed by atoms with Crippen molar-refractivity contribution in [2.75, 3.05) is 6.61 Å². The smallest absolute Gasteiger partial charge is 0.0535 e. The number of hydrogen-bond donors (Lipinski definition) is 3. The highest BCUT2D eigenvalue weighted by molar-refractivity contribution is 5.13. The Kier molecular flexibility index (Phi) is 4.62. The van der Waals surface area contributed by atoms with Crippen LogP contribution in [0.1, 0.15) is 31.0 Å². The van der Waals surface area contributed by atoms with E-state index in [4.69, 9.17) is 5.11 Å². The molecule has 80 valence electrons. The monoisotopic (exact) mass is 197 g/mol. The number of nitrogens with one attached hydrogen (secondary N) is 2. The summed E-state index contributed by atoms with van der Waals surface area (Å²) in [6, 6.07) is 0.441. The van der Waals surface area contributed by atoms with Crippen molar-refractivity contribution in [3.63, 3.8) is 0 Å². The van der Waals surface area contributed by atoms with E-state index in [0.717, 1.165) is 25.1 Å². The van der Waals surface area contributed by atoms with Crippen molar-refractivity contribution in [3.8, 4) is 0 Å². The van der Waals surface area contributed by atoms with Gasteiger partial charge in [0.2, 0.25) is 0 Å². The topological polar surface area (TPSA) is 60.9 Å². The van der Waals surface area contributed by atoms with Crippen LogP contribution in [0.3, 0.4) is 0 Å². The lowest BCUT2D eigenvalue weighted by molar-refractivity contribution is 0.276. The van der Waals surface area contributed by atoms with Gasteiger partial charge in [-0.05, 0) is 26.7 Å². The van der Waals surface area contributed by atoms with Gasteiger partial charge in [0, 0.05) is 30.5 Å². The van der Waals surface area contributed by atoms with Gasteiger partial charge in [0.05, 0.1) is 6.20 Å². The maximum atomic E-state index is 8.67. The van der Waals surface area contributed by atoms with E-state index >= 15 is 0 Å². The summed E-state index contributed by atoms with van der Waals surface area (Å²) < 4.78 is 0. The molecule has 0 aliphatic heterocycles. The van der Waals surface area contributed by atoms with Gasteiger partial charge >= 0.3 is 0 Å². The highest BCUT2D eigenvalue weighted by Gasteiger charge is 2.03. The van der Waals surface area contributed by atoms with Crippen molar-refractivity contribution in [3.05, 3.63) is 17.5 Å². The molecule has 0 radical (unpaired) electrons. The summed E-state index contributed by atoms with van der Waals surface area (Å²) in [6.07, 6.45) is 3.72. The standard InChI is InChI=1S/C10H19N3O/c1-8(4-3-5-14)11-6-10-7-12-13-9(10)2/h7-8,11,14H,3-6H2,1-2H3,(H,12,13)/t8-/m1/s1. The van der Waals surface area contributed by atoms with Crippen molar-refractivity contribution in [1.29, 1.82) is 0 Å². The molecule has 0 saturated heterocycles. The Balaban J connectivity index is 2.23. The van der Waals surface area contributed by atoms with Crippen LogP contribution in [0.15, 0.2) is 6.20 Å². The second-order valence-electron chi connectivity index (χ2n) is 3.67.